The van der Waals surface area contributed by atoms with Gasteiger partial charge in [0.2, 0.25) is 0 Å². The summed E-state index contributed by atoms with van der Waals surface area (Å²) in [5.74, 6) is 0.817. The molecule has 19 heavy (non-hydrogen) atoms. The average Bonchev–Trinajstić information content (AvgIpc) is 2.47. The first-order chi connectivity index (χ1) is 9.29. The summed E-state index contributed by atoms with van der Waals surface area (Å²) in [6.45, 7) is 11.6. The molecule has 0 aromatic carbocycles. The van der Waals surface area contributed by atoms with E-state index >= 15 is 0 Å². The average molecular weight is 270 g/mol. The van der Waals surface area contributed by atoms with Gasteiger partial charge in [0, 0.05) is 12.6 Å². The summed E-state index contributed by atoms with van der Waals surface area (Å²) in [6.07, 6.45) is 4.18. The van der Waals surface area contributed by atoms with Gasteiger partial charge in [0.15, 0.2) is 0 Å². The van der Waals surface area contributed by atoms with Gasteiger partial charge in [0.05, 0.1) is 25.9 Å². The van der Waals surface area contributed by atoms with Crippen molar-refractivity contribution in [1.29, 1.82) is 0 Å². The normalized spacial score (nSPS) is 28.4. The van der Waals surface area contributed by atoms with Crippen molar-refractivity contribution < 1.29 is 9.47 Å². The predicted molar refractivity (Wildman–Crippen MR) is 77.5 cm³/mol. The summed E-state index contributed by atoms with van der Waals surface area (Å²) in [6, 6.07) is 0.592. The molecular weight excluding hydrogens is 240 g/mol. The second-order valence-corrected chi connectivity index (χ2v) is 5.94. The zero-order valence-corrected chi connectivity index (χ0v) is 12.6. The van der Waals surface area contributed by atoms with Crippen LogP contribution < -0.4 is 5.32 Å². The third kappa shape index (κ3) is 5.03. The third-order valence-corrected chi connectivity index (χ3v) is 4.43. The standard InChI is InChI=1S/C15H30N2O2/c1-3-6-17-7-4-14(5-8-17)13(2)16-11-15-12-18-9-10-19-15/h13-16H,3-12H2,1-2H3. The van der Waals surface area contributed by atoms with Crippen LogP contribution in [0.5, 0.6) is 0 Å². The van der Waals surface area contributed by atoms with E-state index in [4.69, 9.17) is 9.47 Å². The molecule has 4 nitrogen and oxygen atoms in total. The van der Waals surface area contributed by atoms with Gasteiger partial charge < -0.3 is 19.7 Å². The summed E-state index contributed by atoms with van der Waals surface area (Å²) in [5.41, 5.74) is 0. The zero-order chi connectivity index (χ0) is 13.5. The molecule has 2 aliphatic rings. The van der Waals surface area contributed by atoms with Gasteiger partial charge in [-0.05, 0) is 51.7 Å². The summed E-state index contributed by atoms with van der Waals surface area (Å²) in [7, 11) is 0. The number of ether oxygens (including phenoxy) is 2. The van der Waals surface area contributed by atoms with Gasteiger partial charge in [0.25, 0.3) is 0 Å². The number of nitrogens with zero attached hydrogens (tertiary/aromatic N) is 1. The third-order valence-electron chi connectivity index (χ3n) is 4.43. The molecule has 112 valence electrons. The lowest BCUT2D eigenvalue weighted by Gasteiger charge is -2.35. The van der Waals surface area contributed by atoms with Crippen LogP contribution in [0.15, 0.2) is 0 Å². The highest BCUT2D eigenvalue weighted by Crippen LogP contribution is 2.20. The van der Waals surface area contributed by atoms with E-state index in [0.29, 0.717) is 6.04 Å². The Bertz CT molecular complexity index is 236. The molecule has 2 atom stereocenters. The minimum atomic E-state index is 0.247. The molecule has 0 saturated carbocycles. The topological polar surface area (TPSA) is 33.7 Å². The van der Waals surface area contributed by atoms with Gasteiger partial charge in [-0.2, -0.15) is 0 Å². The van der Waals surface area contributed by atoms with Gasteiger partial charge in [-0.3, -0.25) is 0 Å². The monoisotopic (exact) mass is 270 g/mol. The number of hydrogen-bond donors (Lipinski definition) is 1. The highest BCUT2D eigenvalue weighted by atomic mass is 16.6. The van der Waals surface area contributed by atoms with Crippen LogP contribution in [-0.2, 0) is 9.47 Å². The molecule has 2 unspecified atom stereocenters. The van der Waals surface area contributed by atoms with Crippen LogP contribution in [0, 0.1) is 5.92 Å². The van der Waals surface area contributed by atoms with Gasteiger partial charge >= 0.3 is 0 Å². The van der Waals surface area contributed by atoms with Crippen LogP contribution in [0.4, 0.5) is 0 Å². The SMILES string of the molecule is CCCN1CCC(C(C)NCC2COCCO2)CC1. The van der Waals surface area contributed by atoms with Gasteiger partial charge in [-0.15, -0.1) is 0 Å². The fourth-order valence-corrected chi connectivity index (χ4v) is 3.13. The molecular formula is C15H30N2O2. The smallest absolute Gasteiger partial charge is 0.0933 e. The van der Waals surface area contributed by atoms with Crippen molar-refractivity contribution in [2.24, 2.45) is 5.92 Å². The molecule has 2 aliphatic heterocycles. The highest BCUT2D eigenvalue weighted by Gasteiger charge is 2.24. The maximum absolute atomic E-state index is 5.67. The molecule has 0 aromatic rings. The molecule has 0 amide bonds. The van der Waals surface area contributed by atoms with Gasteiger partial charge in [0.1, 0.15) is 0 Å². The van der Waals surface area contributed by atoms with Crippen molar-refractivity contribution in [3.63, 3.8) is 0 Å². The van der Waals surface area contributed by atoms with Crippen LogP contribution in [0.2, 0.25) is 0 Å². The summed E-state index contributed by atoms with van der Waals surface area (Å²) in [4.78, 5) is 2.60. The number of nitrogens with one attached hydrogen (secondary N) is 1. The van der Waals surface area contributed by atoms with E-state index in [9.17, 15) is 0 Å². The van der Waals surface area contributed by atoms with Crippen molar-refractivity contribution >= 4 is 0 Å². The van der Waals surface area contributed by atoms with Gasteiger partial charge in [-0.25, -0.2) is 0 Å². The molecule has 4 heteroatoms. The largest absolute Gasteiger partial charge is 0.376 e. The molecule has 0 spiro atoms. The Labute approximate surface area is 117 Å². The van der Waals surface area contributed by atoms with Crippen LogP contribution in [-0.4, -0.2) is 63.0 Å². The van der Waals surface area contributed by atoms with Crippen molar-refractivity contribution in [1.82, 2.24) is 10.2 Å². The molecule has 1 N–H and O–H groups in total. The van der Waals surface area contributed by atoms with E-state index in [1.165, 1.54) is 38.9 Å². The minimum Gasteiger partial charge on any atom is -0.376 e. The first kappa shape index (κ1) is 15.2. The quantitative estimate of drug-likeness (QED) is 0.793. The Morgan fingerprint density at radius 1 is 1.26 bits per heavy atom. The Morgan fingerprint density at radius 3 is 2.68 bits per heavy atom. The number of likely N-dealkylation sites (tertiary alicyclic amines) is 1. The lowest BCUT2D eigenvalue weighted by molar-refractivity contribution is -0.0875. The molecule has 2 saturated heterocycles. The van der Waals surface area contributed by atoms with Crippen molar-refractivity contribution in [2.75, 3.05) is 46.0 Å². The zero-order valence-electron chi connectivity index (χ0n) is 12.6. The highest BCUT2D eigenvalue weighted by molar-refractivity contribution is 4.80. The first-order valence-corrected chi connectivity index (χ1v) is 7.94. The summed E-state index contributed by atoms with van der Waals surface area (Å²) >= 11 is 0. The van der Waals surface area contributed by atoms with Crippen LogP contribution in [0.1, 0.15) is 33.1 Å². The Hall–Kier alpha value is -0.160. The number of hydrogen-bond acceptors (Lipinski definition) is 4. The molecule has 0 aliphatic carbocycles. The Balaban J connectivity index is 1.62. The van der Waals surface area contributed by atoms with E-state index in [1.807, 2.05) is 0 Å². The van der Waals surface area contributed by atoms with E-state index in [2.05, 4.69) is 24.1 Å². The molecule has 0 aromatic heterocycles. The Kier molecular flexibility index (Phi) is 6.57. The second kappa shape index (κ2) is 8.20. The number of piperidine rings is 1. The van der Waals surface area contributed by atoms with E-state index in [1.54, 1.807) is 0 Å². The van der Waals surface area contributed by atoms with E-state index in [0.717, 1.165) is 32.3 Å². The minimum absolute atomic E-state index is 0.247. The predicted octanol–water partition coefficient (Wildman–Crippen LogP) is 1.50. The fraction of sp³-hybridized carbons (Fsp3) is 1.00. The van der Waals surface area contributed by atoms with Crippen LogP contribution in [0.25, 0.3) is 0 Å². The number of rotatable bonds is 6. The lowest BCUT2D eigenvalue weighted by atomic mass is 9.90. The molecule has 2 fully saturated rings. The maximum Gasteiger partial charge on any atom is 0.0933 e. The second-order valence-electron chi connectivity index (χ2n) is 5.94. The molecule has 2 rings (SSSR count). The van der Waals surface area contributed by atoms with E-state index in [-0.39, 0.29) is 6.10 Å². The van der Waals surface area contributed by atoms with Crippen molar-refractivity contribution in [3.8, 4) is 0 Å². The van der Waals surface area contributed by atoms with Crippen molar-refractivity contribution in [2.45, 2.75) is 45.3 Å². The van der Waals surface area contributed by atoms with Crippen LogP contribution >= 0.6 is 0 Å². The molecule has 2 heterocycles. The van der Waals surface area contributed by atoms with Crippen LogP contribution in [0.3, 0.4) is 0 Å². The fourth-order valence-electron chi connectivity index (χ4n) is 3.13. The molecule has 0 bridgehead atoms. The maximum atomic E-state index is 5.67. The Morgan fingerprint density at radius 2 is 2.05 bits per heavy atom. The lowest BCUT2D eigenvalue weighted by Crippen LogP contribution is -2.46. The first-order valence-electron chi connectivity index (χ1n) is 7.94. The summed E-state index contributed by atoms with van der Waals surface area (Å²) < 4.78 is 11.1. The molecule has 0 radical (unpaired) electrons. The summed E-state index contributed by atoms with van der Waals surface area (Å²) in [5, 5.41) is 3.65. The van der Waals surface area contributed by atoms with Crippen molar-refractivity contribution in [3.05, 3.63) is 0 Å². The van der Waals surface area contributed by atoms with Gasteiger partial charge in [-0.1, -0.05) is 6.92 Å². The van der Waals surface area contributed by atoms with E-state index < -0.39 is 0 Å².